The molecule has 0 fully saturated rings. The van der Waals surface area contributed by atoms with Gasteiger partial charge < -0.3 is 4.74 Å². The maximum atomic E-state index is 11.9. The molecule has 84 valence electrons. The van der Waals surface area contributed by atoms with E-state index in [0.29, 0.717) is 6.61 Å². The van der Waals surface area contributed by atoms with Crippen molar-refractivity contribution in [2.24, 2.45) is 0 Å². The number of hydrogen-bond donors (Lipinski definition) is 0. The van der Waals surface area contributed by atoms with Gasteiger partial charge in [0, 0.05) is 0 Å². The Bertz CT molecular complexity index is 512. The van der Waals surface area contributed by atoms with Gasteiger partial charge in [-0.15, -0.1) is 0 Å². The van der Waals surface area contributed by atoms with Crippen molar-refractivity contribution in [1.29, 1.82) is 5.26 Å². The zero-order valence-electron chi connectivity index (χ0n) is 8.75. The Labute approximate surface area is 94.7 Å². The Hall–Kier alpha value is -1.80. The molecule has 0 saturated heterocycles. The van der Waals surface area contributed by atoms with Crippen LogP contribution in [0.3, 0.4) is 0 Å². The average molecular weight is 237 g/mol. The summed E-state index contributed by atoms with van der Waals surface area (Å²) in [6, 6.07) is 9.40. The fourth-order valence-electron chi connectivity index (χ4n) is 1.04. The summed E-state index contributed by atoms with van der Waals surface area (Å²) in [6.07, 6.45) is 0.975. The van der Waals surface area contributed by atoms with Crippen LogP contribution >= 0.6 is 0 Å². The first kappa shape index (κ1) is 12.3. The average Bonchev–Trinajstić information content (AvgIpc) is 2.31. The van der Waals surface area contributed by atoms with Crippen LogP contribution in [0.1, 0.15) is 6.92 Å². The van der Waals surface area contributed by atoms with Crippen molar-refractivity contribution in [1.82, 2.24) is 0 Å². The lowest BCUT2D eigenvalue weighted by molar-refractivity contribution is 0.268. The number of sulfone groups is 1. The van der Waals surface area contributed by atoms with E-state index in [-0.39, 0.29) is 9.80 Å². The molecule has 0 N–H and O–H groups in total. The van der Waals surface area contributed by atoms with Crippen LogP contribution < -0.4 is 0 Å². The van der Waals surface area contributed by atoms with Crippen molar-refractivity contribution in [2.45, 2.75) is 11.8 Å². The molecule has 0 aliphatic heterocycles. The summed E-state index contributed by atoms with van der Waals surface area (Å²) >= 11 is 0. The lowest BCUT2D eigenvalue weighted by Crippen LogP contribution is -2.04. The first-order chi connectivity index (χ1) is 7.62. The second kappa shape index (κ2) is 5.33. The number of rotatable bonds is 4. The molecular formula is C11H11NO3S. The van der Waals surface area contributed by atoms with Gasteiger partial charge in [0.15, 0.2) is 4.91 Å². The summed E-state index contributed by atoms with van der Waals surface area (Å²) < 4.78 is 28.6. The molecule has 0 aromatic heterocycles. The largest absolute Gasteiger partial charge is 0.499 e. The summed E-state index contributed by atoms with van der Waals surface area (Å²) in [5.74, 6) is 0. The normalized spacial score (nSPS) is 11.9. The van der Waals surface area contributed by atoms with Gasteiger partial charge >= 0.3 is 0 Å². The van der Waals surface area contributed by atoms with Gasteiger partial charge in [0.2, 0.25) is 9.84 Å². The SMILES string of the molecule is CCO/C=C(\C#N)S(=O)(=O)c1ccccc1. The lowest BCUT2D eigenvalue weighted by Gasteiger charge is -2.02. The molecule has 1 rings (SSSR count). The number of benzene rings is 1. The molecule has 1 aromatic carbocycles. The van der Waals surface area contributed by atoms with Gasteiger partial charge in [-0.25, -0.2) is 8.42 Å². The van der Waals surface area contributed by atoms with E-state index in [2.05, 4.69) is 0 Å². The molecule has 0 spiro atoms. The standard InChI is InChI=1S/C11H11NO3S/c1-2-15-9-11(8-12)16(13,14)10-6-4-3-5-7-10/h3-7,9H,2H2,1H3/b11-9+. The van der Waals surface area contributed by atoms with Gasteiger partial charge in [0.1, 0.15) is 12.3 Å². The Morgan fingerprint density at radius 3 is 2.56 bits per heavy atom. The number of allylic oxidation sites excluding steroid dienone is 1. The zero-order valence-corrected chi connectivity index (χ0v) is 9.57. The Balaban J connectivity index is 3.17. The molecule has 0 aliphatic carbocycles. The fourth-order valence-corrected chi connectivity index (χ4v) is 2.12. The highest BCUT2D eigenvalue weighted by atomic mass is 32.2. The van der Waals surface area contributed by atoms with Crippen LogP contribution in [0.2, 0.25) is 0 Å². The van der Waals surface area contributed by atoms with Crippen LogP contribution in [0.25, 0.3) is 0 Å². The second-order valence-electron chi connectivity index (χ2n) is 2.87. The summed E-state index contributed by atoms with van der Waals surface area (Å²) in [4.78, 5) is -0.303. The molecule has 0 unspecified atom stereocenters. The molecule has 0 heterocycles. The predicted octanol–water partition coefficient (Wildman–Crippen LogP) is 1.86. The maximum absolute atomic E-state index is 11.9. The second-order valence-corrected chi connectivity index (χ2v) is 4.78. The Morgan fingerprint density at radius 1 is 1.44 bits per heavy atom. The molecule has 0 amide bonds. The molecule has 0 saturated carbocycles. The highest BCUT2D eigenvalue weighted by Crippen LogP contribution is 2.18. The first-order valence-corrected chi connectivity index (χ1v) is 6.13. The van der Waals surface area contributed by atoms with Gasteiger partial charge in [-0.05, 0) is 19.1 Å². The third-order valence-electron chi connectivity index (χ3n) is 1.81. The van der Waals surface area contributed by atoms with Crippen LogP contribution in [-0.4, -0.2) is 15.0 Å². The van der Waals surface area contributed by atoms with Crippen LogP contribution in [-0.2, 0) is 14.6 Å². The van der Waals surface area contributed by atoms with Gasteiger partial charge in [0.25, 0.3) is 0 Å². The predicted molar refractivity (Wildman–Crippen MR) is 58.9 cm³/mol. The summed E-state index contributed by atoms with van der Waals surface area (Å²) in [6.45, 7) is 2.02. The third-order valence-corrected chi connectivity index (χ3v) is 3.47. The van der Waals surface area contributed by atoms with E-state index < -0.39 is 9.84 Å². The lowest BCUT2D eigenvalue weighted by atomic mass is 10.4. The quantitative estimate of drug-likeness (QED) is 0.592. The molecule has 4 nitrogen and oxygen atoms in total. The van der Waals surface area contributed by atoms with E-state index in [0.717, 1.165) is 6.26 Å². The summed E-state index contributed by atoms with van der Waals surface area (Å²) in [5.41, 5.74) is 0. The van der Waals surface area contributed by atoms with Crippen LogP contribution in [0, 0.1) is 11.3 Å². The Morgan fingerprint density at radius 2 is 2.06 bits per heavy atom. The monoisotopic (exact) mass is 237 g/mol. The van der Waals surface area contributed by atoms with E-state index in [9.17, 15) is 8.42 Å². The van der Waals surface area contributed by atoms with E-state index in [4.69, 9.17) is 10.00 Å². The van der Waals surface area contributed by atoms with Crippen molar-refractivity contribution in [3.05, 3.63) is 41.5 Å². The highest BCUT2D eigenvalue weighted by Gasteiger charge is 2.20. The van der Waals surface area contributed by atoms with Crippen molar-refractivity contribution in [2.75, 3.05) is 6.61 Å². The number of nitriles is 1. The zero-order chi connectivity index (χ0) is 12.0. The number of nitrogens with zero attached hydrogens (tertiary/aromatic N) is 1. The van der Waals surface area contributed by atoms with E-state index in [1.54, 1.807) is 31.2 Å². The van der Waals surface area contributed by atoms with Crippen LogP contribution in [0.4, 0.5) is 0 Å². The van der Waals surface area contributed by atoms with Crippen LogP contribution in [0.5, 0.6) is 0 Å². The van der Waals surface area contributed by atoms with Crippen LogP contribution in [0.15, 0.2) is 46.4 Å². The summed E-state index contributed by atoms with van der Waals surface area (Å²) in [5, 5.41) is 8.77. The van der Waals surface area contributed by atoms with Crippen molar-refractivity contribution in [3.8, 4) is 6.07 Å². The molecule has 1 aromatic rings. The van der Waals surface area contributed by atoms with Crippen molar-refractivity contribution in [3.63, 3.8) is 0 Å². The smallest absolute Gasteiger partial charge is 0.219 e. The minimum absolute atomic E-state index is 0.0857. The molecule has 0 radical (unpaired) electrons. The molecular weight excluding hydrogens is 226 g/mol. The minimum Gasteiger partial charge on any atom is -0.499 e. The van der Waals surface area contributed by atoms with Crippen molar-refractivity contribution >= 4 is 9.84 Å². The summed E-state index contributed by atoms with van der Waals surface area (Å²) in [7, 11) is -3.75. The third kappa shape index (κ3) is 2.61. The highest BCUT2D eigenvalue weighted by molar-refractivity contribution is 7.95. The molecule has 0 aliphatic rings. The molecule has 5 heteroatoms. The van der Waals surface area contributed by atoms with E-state index in [1.807, 2.05) is 0 Å². The van der Waals surface area contributed by atoms with E-state index in [1.165, 1.54) is 12.1 Å². The molecule has 16 heavy (non-hydrogen) atoms. The topological polar surface area (TPSA) is 67.2 Å². The Kier molecular flexibility index (Phi) is 4.09. The van der Waals surface area contributed by atoms with Gasteiger partial charge in [-0.1, -0.05) is 18.2 Å². The van der Waals surface area contributed by atoms with Gasteiger partial charge in [-0.3, -0.25) is 0 Å². The van der Waals surface area contributed by atoms with E-state index >= 15 is 0 Å². The fraction of sp³-hybridized carbons (Fsp3) is 0.182. The van der Waals surface area contributed by atoms with Gasteiger partial charge in [-0.2, -0.15) is 5.26 Å². The van der Waals surface area contributed by atoms with Gasteiger partial charge in [0.05, 0.1) is 11.5 Å². The molecule has 0 atom stereocenters. The first-order valence-electron chi connectivity index (χ1n) is 4.65. The minimum atomic E-state index is -3.75. The number of ether oxygens (including phenoxy) is 1. The number of hydrogen-bond acceptors (Lipinski definition) is 4. The molecule has 0 bridgehead atoms. The van der Waals surface area contributed by atoms with Crippen molar-refractivity contribution < 1.29 is 13.2 Å². The maximum Gasteiger partial charge on any atom is 0.219 e.